The normalized spacial score (nSPS) is 11.9. The summed E-state index contributed by atoms with van der Waals surface area (Å²) in [5.41, 5.74) is 1.46. The molecule has 0 saturated heterocycles. The molecule has 2 aromatic carbocycles. The van der Waals surface area contributed by atoms with Crippen LogP contribution in [-0.2, 0) is 4.79 Å². The van der Waals surface area contributed by atoms with Gasteiger partial charge in [-0.2, -0.15) is 0 Å². The first-order valence-electron chi connectivity index (χ1n) is 7.07. The lowest BCUT2D eigenvalue weighted by molar-refractivity contribution is -0.133. The Morgan fingerprint density at radius 3 is 2.61 bits per heavy atom. The van der Waals surface area contributed by atoms with E-state index in [1.165, 1.54) is 0 Å². The van der Waals surface area contributed by atoms with Gasteiger partial charge in [0.2, 0.25) is 6.79 Å². The average molecular weight is 313 g/mol. The quantitative estimate of drug-likeness (QED) is 0.691. The van der Waals surface area contributed by atoms with Crippen molar-refractivity contribution >= 4 is 11.9 Å². The van der Waals surface area contributed by atoms with Gasteiger partial charge in [-0.25, -0.2) is 4.79 Å². The number of rotatable bonds is 4. The van der Waals surface area contributed by atoms with Gasteiger partial charge in [0.25, 0.3) is 5.91 Å². The highest BCUT2D eigenvalue weighted by Crippen LogP contribution is 2.32. The topological polar surface area (TPSA) is 73.9 Å². The molecule has 6 heteroatoms. The van der Waals surface area contributed by atoms with E-state index in [-0.39, 0.29) is 19.2 Å². The average Bonchev–Trinajstić information content (AvgIpc) is 3.02. The molecule has 0 saturated carbocycles. The number of fused-ring (bicyclic) bond motifs is 1. The summed E-state index contributed by atoms with van der Waals surface area (Å²) >= 11 is 0. The Balaban J connectivity index is 1.54. The van der Waals surface area contributed by atoms with E-state index in [0.29, 0.717) is 22.8 Å². The second-order valence-corrected chi connectivity index (χ2v) is 5.04. The monoisotopic (exact) mass is 313 g/mol. The molecular formula is C17H15NO5. The van der Waals surface area contributed by atoms with E-state index < -0.39 is 5.97 Å². The van der Waals surface area contributed by atoms with Gasteiger partial charge in [-0.05, 0) is 37.3 Å². The predicted octanol–water partition coefficient (Wildman–Crippen LogP) is 2.06. The summed E-state index contributed by atoms with van der Waals surface area (Å²) in [6.07, 6.45) is 0. The van der Waals surface area contributed by atoms with Crippen molar-refractivity contribution in [3.05, 3.63) is 53.6 Å². The van der Waals surface area contributed by atoms with E-state index in [1.54, 1.807) is 30.3 Å². The van der Waals surface area contributed by atoms with Gasteiger partial charge in [0, 0.05) is 5.56 Å². The maximum Gasteiger partial charge on any atom is 0.330 e. The number of hydrogen-bond acceptors (Lipinski definition) is 5. The van der Waals surface area contributed by atoms with Gasteiger partial charge in [0.05, 0.1) is 0 Å². The van der Waals surface area contributed by atoms with E-state index in [0.717, 1.165) is 5.56 Å². The Morgan fingerprint density at radius 2 is 1.83 bits per heavy atom. The van der Waals surface area contributed by atoms with Crippen LogP contribution < -0.4 is 19.5 Å². The molecule has 1 amide bonds. The Hall–Kier alpha value is -3.02. The van der Waals surface area contributed by atoms with Gasteiger partial charge in [-0.3, -0.25) is 4.79 Å². The van der Waals surface area contributed by atoms with Crippen molar-refractivity contribution in [3.8, 4) is 17.2 Å². The third kappa shape index (κ3) is 3.60. The number of carbonyl (C=O) groups is 2. The van der Waals surface area contributed by atoms with Gasteiger partial charge in [0.1, 0.15) is 12.3 Å². The summed E-state index contributed by atoms with van der Waals surface area (Å²) in [6, 6.07) is 11.9. The molecule has 1 aliphatic heterocycles. The molecule has 0 atom stereocenters. The van der Waals surface area contributed by atoms with Gasteiger partial charge in [0.15, 0.2) is 11.5 Å². The third-order valence-corrected chi connectivity index (χ3v) is 3.28. The van der Waals surface area contributed by atoms with Crippen LogP contribution in [0.5, 0.6) is 17.2 Å². The van der Waals surface area contributed by atoms with Crippen LogP contribution in [0, 0.1) is 6.92 Å². The van der Waals surface area contributed by atoms with E-state index >= 15 is 0 Å². The number of nitrogens with one attached hydrogen (secondary N) is 1. The molecule has 0 radical (unpaired) electrons. The van der Waals surface area contributed by atoms with Crippen LogP contribution in [0.1, 0.15) is 15.9 Å². The van der Waals surface area contributed by atoms with Crippen molar-refractivity contribution in [2.45, 2.75) is 6.92 Å². The molecule has 0 spiro atoms. The largest absolute Gasteiger partial charge is 0.454 e. The predicted molar refractivity (Wildman–Crippen MR) is 81.7 cm³/mol. The third-order valence-electron chi connectivity index (χ3n) is 3.28. The van der Waals surface area contributed by atoms with Crippen LogP contribution in [0.2, 0.25) is 0 Å². The highest BCUT2D eigenvalue weighted by molar-refractivity contribution is 5.96. The lowest BCUT2D eigenvalue weighted by atomic mass is 10.2. The fourth-order valence-corrected chi connectivity index (χ4v) is 2.07. The number of esters is 1. The SMILES string of the molecule is Cc1ccc(OC(=O)CNC(=O)c2ccc3c(c2)OCO3)cc1. The van der Waals surface area contributed by atoms with Gasteiger partial charge >= 0.3 is 5.97 Å². The molecule has 6 nitrogen and oxygen atoms in total. The Morgan fingerprint density at radius 1 is 1.09 bits per heavy atom. The van der Waals surface area contributed by atoms with Crippen LogP contribution in [0.25, 0.3) is 0 Å². The minimum absolute atomic E-state index is 0.142. The summed E-state index contributed by atoms with van der Waals surface area (Å²) in [4.78, 5) is 23.8. The Bertz CT molecular complexity index is 739. The van der Waals surface area contributed by atoms with Crippen molar-refractivity contribution in [1.29, 1.82) is 0 Å². The highest BCUT2D eigenvalue weighted by atomic mass is 16.7. The zero-order chi connectivity index (χ0) is 16.2. The summed E-state index contributed by atoms with van der Waals surface area (Å²) in [6.45, 7) is 1.86. The van der Waals surface area contributed by atoms with Crippen LogP contribution in [0.3, 0.4) is 0 Å². The standard InChI is InChI=1S/C17H15NO5/c1-11-2-5-13(6-3-11)23-16(19)9-18-17(20)12-4-7-14-15(8-12)22-10-21-14/h2-8H,9-10H2,1H3,(H,18,20). The van der Waals surface area contributed by atoms with Crippen LogP contribution in [0.4, 0.5) is 0 Å². The Kier molecular flexibility index (Phi) is 4.14. The smallest absolute Gasteiger partial charge is 0.330 e. The van der Waals surface area contributed by atoms with Crippen molar-refractivity contribution < 1.29 is 23.8 Å². The molecule has 0 unspecified atom stereocenters. The zero-order valence-corrected chi connectivity index (χ0v) is 12.5. The molecule has 2 aromatic rings. The van der Waals surface area contributed by atoms with Crippen molar-refractivity contribution in [3.63, 3.8) is 0 Å². The summed E-state index contributed by atoms with van der Waals surface area (Å²) in [5.74, 6) is 0.630. The molecule has 0 aliphatic carbocycles. The van der Waals surface area contributed by atoms with E-state index in [4.69, 9.17) is 14.2 Å². The number of benzene rings is 2. The number of amides is 1. The maximum absolute atomic E-state index is 12.0. The van der Waals surface area contributed by atoms with E-state index in [1.807, 2.05) is 19.1 Å². The number of ether oxygens (including phenoxy) is 3. The van der Waals surface area contributed by atoms with Crippen LogP contribution in [-0.4, -0.2) is 25.2 Å². The summed E-state index contributed by atoms with van der Waals surface area (Å²) < 4.78 is 15.5. The minimum Gasteiger partial charge on any atom is -0.454 e. The molecule has 23 heavy (non-hydrogen) atoms. The molecule has 1 N–H and O–H groups in total. The minimum atomic E-state index is -0.539. The Labute approximate surface area is 133 Å². The molecule has 0 aromatic heterocycles. The summed E-state index contributed by atoms with van der Waals surface area (Å²) in [7, 11) is 0. The molecule has 118 valence electrons. The molecular weight excluding hydrogens is 298 g/mol. The molecule has 0 bridgehead atoms. The molecule has 1 aliphatic rings. The van der Waals surface area contributed by atoms with E-state index in [2.05, 4.69) is 5.32 Å². The van der Waals surface area contributed by atoms with Gasteiger partial charge in [-0.15, -0.1) is 0 Å². The first kappa shape index (κ1) is 14.9. The van der Waals surface area contributed by atoms with Crippen molar-refractivity contribution in [2.75, 3.05) is 13.3 Å². The van der Waals surface area contributed by atoms with Crippen molar-refractivity contribution in [1.82, 2.24) is 5.32 Å². The first-order valence-corrected chi connectivity index (χ1v) is 7.07. The van der Waals surface area contributed by atoms with E-state index in [9.17, 15) is 9.59 Å². The van der Waals surface area contributed by atoms with Gasteiger partial charge < -0.3 is 19.5 Å². The lowest BCUT2D eigenvalue weighted by Crippen LogP contribution is -2.31. The fourth-order valence-electron chi connectivity index (χ4n) is 2.07. The summed E-state index contributed by atoms with van der Waals surface area (Å²) in [5, 5.41) is 2.51. The molecule has 0 fully saturated rings. The number of hydrogen-bond donors (Lipinski definition) is 1. The molecule has 3 rings (SSSR count). The molecule has 1 heterocycles. The number of carbonyl (C=O) groups excluding carboxylic acids is 2. The highest BCUT2D eigenvalue weighted by Gasteiger charge is 2.16. The van der Waals surface area contributed by atoms with Gasteiger partial charge in [-0.1, -0.05) is 17.7 Å². The second-order valence-electron chi connectivity index (χ2n) is 5.04. The number of aryl methyl sites for hydroxylation is 1. The second kappa shape index (κ2) is 6.39. The van der Waals surface area contributed by atoms with Crippen LogP contribution in [0.15, 0.2) is 42.5 Å². The first-order chi connectivity index (χ1) is 11.1. The zero-order valence-electron chi connectivity index (χ0n) is 12.5. The fraction of sp³-hybridized carbons (Fsp3) is 0.176. The van der Waals surface area contributed by atoms with Crippen molar-refractivity contribution in [2.24, 2.45) is 0 Å². The van der Waals surface area contributed by atoms with Crippen LogP contribution >= 0.6 is 0 Å². The lowest BCUT2D eigenvalue weighted by Gasteiger charge is -2.07. The maximum atomic E-state index is 12.0.